The van der Waals surface area contributed by atoms with E-state index in [1.54, 1.807) is 23.5 Å². The summed E-state index contributed by atoms with van der Waals surface area (Å²) in [5.74, 6) is 1.83. The maximum Gasteiger partial charge on any atom is 0.306 e. The lowest BCUT2D eigenvalue weighted by molar-refractivity contribution is -0.142. The van der Waals surface area contributed by atoms with E-state index in [1.807, 2.05) is 41.5 Å². The highest BCUT2D eigenvalue weighted by Crippen LogP contribution is 2.34. The van der Waals surface area contributed by atoms with Crippen molar-refractivity contribution >= 4 is 29.5 Å². The summed E-state index contributed by atoms with van der Waals surface area (Å²) in [5.41, 5.74) is -0.320. The molecule has 30 heavy (non-hydrogen) atoms. The van der Waals surface area contributed by atoms with E-state index in [1.165, 1.54) is 0 Å². The van der Waals surface area contributed by atoms with Crippen LogP contribution in [0.1, 0.15) is 82.1 Å². The summed E-state index contributed by atoms with van der Waals surface area (Å²) in [6, 6.07) is 0. The second-order valence-electron chi connectivity index (χ2n) is 10.2. The van der Waals surface area contributed by atoms with E-state index in [0.717, 1.165) is 17.9 Å². The molecule has 0 saturated carbocycles. The molecule has 0 heterocycles. The fourth-order valence-corrected chi connectivity index (χ4v) is 4.41. The van der Waals surface area contributed by atoms with Crippen LogP contribution in [0.2, 0.25) is 0 Å². The fourth-order valence-electron chi connectivity index (χ4n) is 2.40. The predicted octanol–water partition coefficient (Wildman–Crippen LogP) is 7.04. The molecule has 0 amide bonds. The average Bonchev–Trinajstić information content (AvgIpc) is 2.55. The molecule has 0 N–H and O–H groups in total. The van der Waals surface area contributed by atoms with E-state index in [-0.39, 0.29) is 21.9 Å². The van der Waals surface area contributed by atoms with E-state index >= 15 is 0 Å². The molecule has 0 aromatic heterocycles. The van der Waals surface area contributed by atoms with Crippen molar-refractivity contribution in [2.45, 2.75) is 103 Å². The van der Waals surface area contributed by atoms with Crippen LogP contribution in [-0.4, -0.2) is 51.8 Å². The Bertz CT molecular complexity index is 554. The van der Waals surface area contributed by atoms with E-state index in [2.05, 4.69) is 48.2 Å². The van der Waals surface area contributed by atoms with Gasteiger partial charge in [0.15, 0.2) is 0 Å². The number of rotatable bonds is 13. The van der Waals surface area contributed by atoms with E-state index < -0.39 is 0 Å². The van der Waals surface area contributed by atoms with Crippen molar-refractivity contribution in [2.75, 3.05) is 24.7 Å². The second-order valence-corrected chi connectivity index (χ2v) is 13.4. The number of azo groups is 2. The first kappa shape index (κ1) is 29.4. The first-order valence-corrected chi connectivity index (χ1v) is 12.9. The molecule has 0 aromatic carbocycles. The number of esters is 1. The molecular formula is C22H44N4O2S2. The molecule has 0 radical (unpaired) electrons. The van der Waals surface area contributed by atoms with Crippen molar-refractivity contribution in [3.8, 4) is 0 Å². The van der Waals surface area contributed by atoms with Crippen LogP contribution in [0, 0.1) is 5.92 Å². The zero-order chi connectivity index (χ0) is 23.4. The molecule has 176 valence electrons. The van der Waals surface area contributed by atoms with Crippen LogP contribution < -0.4 is 0 Å². The molecule has 2 unspecified atom stereocenters. The monoisotopic (exact) mass is 460 g/mol. The zero-order valence-electron chi connectivity index (χ0n) is 20.8. The first-order chi connectivity index (χ1) is 13.6. The van der Waals surface area contributed by atoms with Gasteiger partial charge < -0.3 is 4.74 Å². The Balaban J connectivity index is 4.21. The van der Waals surface area contributed by atoms with E-state index in [9.17, 15) is 4.79 Å². The smallest absolute Gasteiger partial charge is 0.306 e. The lowest BCUT2D eigenvalue weighted by Crippen LogP contribution is -2.23. The molecule has 0 aromatic rings. The average molecular weight is 461 g/mol. The van der Waals surface area contributed by atoms with Crippen molar-refractivity contribution in [2.24, 2.45) is 26.4 Å². The Kier molecular flexibility index (Phi) is 13.4. The highest BCUT2D eigenvalue weighted by molar-refractivity contribution is 8.00. The molecule has 6 nitrogen and oxygen atoms in total. The van der Waals surface area contributed by atoms with Gasteiger partial charge in [-0.3, -0.25) is 4.79 Å². The molecule has 8 heteroatoms. The van der Waals surface area contributed by atoms with Crippen molar-refractivity contribution in [1.82, 2.24) is 0 Å². The van der Waals surface area contributed by atoms with Gasteiger partial charge in [-0.05, 0) is 60.8 Å². The molecule has 0 spiro atoms. The predicted molar refractivity (Wildman–Crippen MR) is 132 cm³/mol. The third-order valence-electron chi connectivity index (χ3n) is 3.53. The minimum absolute atomic E-state index is 0.133. The summed E-state index contributed by atoms with van der Waals surface area (Å²) < 4.78 is 5.41. The molecule has 0 saturated heterocycles. The largest absolute Gasteiger partial charge is 0.465 e. The van der Waals surface area contributed by atoms with Gasteiger partial charge in [-0.2, -0.15) is 32.2 Å². The molecule has 0 aliphatic carbocycles. The molecule has 0 bridgehead atoms. The van der Waals surface area contributed by atoms with Crippen molar-refractivity contribution in [3.63, 3.8) is 0 Å². The Morgan fingerprint density at radius 1 is 0.900 bits per heavy atom. The van der Waals surface area contributed by atoms with E-state index in [4.69, 9.17) is 4.74 Å². The van der Waals surface area contributed by atoms with Gasteiger partial charge in [0.05, 0.1) is 24.0 Å². The number of hydrogen-bond donors (Lipinski definition) is 0. The van der Waals surface area contributed by atoms with Crippen LogP contribution >= 0.6 is 23.5 Å². The fraction of sp³-hybridized carbons (Fsp3) is 0.955. The summed E-state index contributed by atoms with van der Waals surface area (Å²) in [5, 5.41) is 17.9. The Morgan fingerprint density at radius 2 is 1.50 bits per heavy atom. The van der Waals surface area contributed by atoms with Crippen LogP contribution in [-0.2, 0) is 9.53 Å². The van der Waals surface area contributed by atoms with Gasteiger partial charge in [0.2, 0.25) is 0 Å². The standard InChI is InChI=1S/C22H44N4O2S2/c1-17(2)15-22(10,26-25-21(7,8)9)30-14-12-28-19(27)11-13-29-18(3)16-23-24-20(4,5)6/h17-18H,11-16H2,1-10H3. The Hall–Kier alpha value is -0.630. The molecular weight excluding hydrogens is 416 g/mol. The summed E-state index contributed by atoms with van der Waals surface area (Å²) in [6.45, 7) is 21.9. The quantitative estimate of drug-likeness (QED) is 0.168. The number of hydrogen-bond acceptors (Lipinski definition) is 8. The summed E-state index contributed by atoms with van der Waals surface area (Å²) in [4.78, 5) is 11.7. The summed E-state index contributed by atoms with van der Waals surface area (Å²) in [7, 11) is 0. The van der Waals surface area contributed by atoms with Gasteiger partial charge in [-0.25, -0.2) is 0 Å². The first-order valence-electron chi connectivity index (χ1n) is 10.9. The maximum atomic E-state index is 12.0. The number of nitrogens with zero attached hydrogens (tertiary/aromatic N) is 4. The van der Waals surface area contributed by atoms with Gasteiger partial charge >= 0.3 is 5.97 Å². The normalized spacial score (nSPS) is 16.4. The molecule has 0 aliphatic heterocycles. The third kappa shape index (κ3) is 18.2. The SMILES string of the molecule is CC(C)CC(C)(N=NC(C)(C)C)SCCOC(=O)CCSC(C)CN=NC(C)(C)C. The second kappa shape index (κ2) is 13.7. The van der Waals surface area contributed by atoms with Crippen molar-refractivity contribution < 1.29 is 9.53 Å². The summed E-state index contributed by atoms with van der Waals surface area (Å²) in [6.07, 6.45) is 1.36. The molecule has 0 aliphatic rings. The lowest BCUT2D eigenvalue weighted by Gasteiger charge is -2.26. The Morgan fingerprint density at radius 3 is 2.03 bits per heavy atom. The van der Waals surface area contributed by atoms with Crippen LogP contribution in [0.4, 0.5) is 0 Å². The van der Waals surface area contributed by atoms with E-state index in [0.29, 0.717) is 30.7 Å². The highest BCUT2D eigenvalue weighted by Gasteiger charge is 2.27. The molecule has 0 rings (SSSR count). The van der Waals surface area contributed by atoms with Crippen molar-refractivity contribution in [1.29, 1.82) is 0 Å². The van der Waals surface area contributed by atoms with Gasteiger partial charge in [0.25, 0.3) is 0 Å². The zero-order valence-corrected chi connectivity index (χ0v) is 22.5. The minimum atomic E-state index is -0.291. The lowest BCUT2D eigenvalue weighted by atomic mass is 10.1. The van der Waals surface area contributed by atoms with Crippen molar-refractivity contribution in [3.05, 3.63) is 0 Å². The Labute approximate surface area is 193 Å². The maximum absolute atomic E-state index is 12.0. The summed E-state index contributed by atoms with van der Waals surface area (Å²) >= 11 is 3.44. The topological polar surface area (TPSA) is 75.7 Å². The van der Waals surface area contributed by atoms with Crippen LogP contribution in [0.25, 0.3) is 0 Å². The van der Waals surface area contributed by atoms with Gasteiger partial charge in [-0.15, -0.1) is 11.8 Å². The van der Waals surface area contributed by atoms with Gasteiger partial charge in [0, 0.05) is 16.8 Å². The number of carbonyl (C=O) groups excluding carboxylic acids is 1. The number of ether oxygens (including phenoxy) is 1. The van der Waals surface area contributed by atoms with Crippen LogP contribution in [0.15, 0.2) is 20.5 Å². The molecule has 0 fully saturated rings. The van der Waals surface area contributed by atoms with Crippen LogP contribution in [0.5, 0.6) is 0 Å². The van der Waals surface area contributed by atoms with Gasteiger partial charge in [0.1, 0.15) is 11.5 Å². The third-order valence-corrected chi connectivity index (χ3v) is 5.92. The molecule has 2 atom stereocenters. The number of thioether (sulfide) groups is 2. The minimum Gasteiger partial charge on any atom is -0.465 e. The highest BCUT2D eigenvalue weighted by atomic mass is 32.2. The van der Waals surface area contributed by atoms with Gasteiger partial charge in [-0.1, -0.05) is 20.8 Å². The van der Waals surface area contributed by atoms with Crippen LogP contribution in [0.3, 0.4) is 0 Å². The number of carbonyl (C=O) groups is 1.